The van der Waals surface area contributed by atoms with Crippen molar-refractivity contribution in [2.24, 2.45) is 0 Å². The number of hydrogen-bond acceptors (Lipinski definition) is 3. The molecule has 0 aromatic heterocycles. The van der Waals surface area contributed by atoms with E-state index >= 15 is 0 Å². The number of aliphatic hydroxyl groups is 1. The molecular weight excluding hydrogens is 250 g/mol. The van der Waals surface area contributed by atoms with Gasteiger partial charge in [0.1, 0.15) is 5.75 Å². The first kappa shape index (κ1) is 17.0. The maximum atomic E-state index is 11.0. The number of nitrogens with one attached hydrogen (secondary N) is 1. The third-order valence-corrected chi connectivity index (χ3v) is 4.29. The molecule has 1 atom stereocenters. The van der Waals surface area contributed by atoms with Gasteiger partial charge in [-0.1, -0.05) is 38.8 Å². The summed E-state index contributed by atoms with van der Waals surface area (Å²) in [7, 11) is 3.62. The highest BCUT2D eigenvalue weighted by Gasteiger charge is 2.38. The minimum absolute atomic E-state index is 0. The number of likely N-dealkylation sites (N-methyl/N-ethyl adjacent to an activating group) is 1. The fraction of sp³-hybridized carbons (Fsp3) is 0.647. The third kappa shape index (κ3) is 3.74. The van der Waals surface area contributed by atoms with E-state index in [9.17, 15) is 5.11 Å². The highest BCUT2D eigenvalue weighted by molar-refractivity contribution is 5.31. The van der Waals surface area contributed by atoms with Crippen molar-refractivity contribution >= 4 is 0 Å². The molecule has 1 saturated carbocycles. The summed E-state index contributed by atoms with van der Waals surface area (Å²) in [6.45, 7) is 0.808. The highest BCUT2D eigenvalue weighted by atomic mass is 16.5. The Morgan fingerprint density at radius 2 is 1.80 bits per heavy atom. The fourth-order valence-electron chi connectivity index (χ4n) is 3.17. The Labute approximate surface area is 123 Å². The standard InChI is InChI=1S/C16H25NO2.CH4/c1-17-12-15(16(18)10-4-3-5-11-16)13-6-8-14(19-2)9-7-13;/h6-9,15,17-18H,3-5,10-12H2,1-2H3;1H4. The van der Waals surface area contributed by atoms with E-state index in [1.54, 1.807) is 7.11 Å². The van der Waals surface area contributed by atoms with Gasteiger partial charge in [-0.15, -0.1) is 0 Å². The molecule has 0 radical (unpaired) electrons. The molecule has 0 spiro atoms. The number of rotatable bonds is 5. The van der Waals surface area contributed by atoms with E-state index in [0.717, 1.165) is 38.0 Å². The predicted octanol–water partition coefficient (Wildman–Crippen LogP) is 3.33. The van der Waals surface area contributed by atoms with Gasteiger partial charge in [-0.05, 0) is 37.6 Å². The first-order valence-corrected chi connectivity index (χ1v) is 7.20. The van der Waals surface area contributed by atoms with Gasteiger partial charge in [-0.3, -0.25) is 0 Å². The molecular formula is C17H29NO2. The van der Waals surface area contributed by atoms with Gasteiger partial charge in [0.05, 0.1) is 12.7 Å². The van der Waals surface area contributed by atoms with Gasteiger partial charge in [0.15, 0.2) is 0 Å². The average molecular weight is 279 g/mol. The van der Waals surface area contributed by atoms with Crippen LogP contribution in [0.3, 0.4) is 0 Å². The van der Waals surface area contributed by atoms with E-state index in [0.29, 0.717) is 0 Å². The molecule has 1 unspecified atom stereocenters. The van der Waals surface area contributed by atoms with Crippen molar-refractivity contribution in [2.45, 2.75) is 51.0 Å². The van der Waals surface area contributed by atoms with Gasteiger partial charge in [0.2, 0.25) is 0 Å². The molecule has 3 heteroatoms. The quantitative estimate of drug-likeness (QED) is 0.868. The van der Waals surface area contributed by atoms with Crippen LogP contribution in [0.2, 0.25) is 0 Å². The minimum Gasteiger partial charge on any atom is -0.497 e. The van der Waals surface area contributed by atoms with E-state index in [-0.39, 0.29) is 13.3 Å². The van der Waals surface area contributed by atoms with Gasteiger partial charge >= 0.3 is 0 Å². The first-order valence-electron chi connectivity index (χ1n) is 7.20. The Morgan fingerprint density at radius 1 is 1.20 bits per heavy atom. The van der Waals surface area contributed by atoms with Crippen LogP contribution >= 0.6 is 0 Å². The second-order valence-corrected chi connectivity index (χ2v) is 5.55. The largest absolute Gasteiger partial charge is 0.497 e. The summed E-state index contributed by atoms with van der Waals surface area (Å²) in [5, 5.41) is 14.2. The van der Waals surface area contributed by atoms with Gasteiger partial charge < -0.3 is 15.2 Å². The summed E-state index contributed by atoms with van der Waals surface area (Å²) in [6.07, 6.45) is 5.33. The molecule has 0 saturated heterocycles. The molecule has 1 aromatic carbocycles. The molecule has 1 aliphatic carbocycles. The Kier molecular flexibility index (Phi) is 6.50. The lowest BCUT2D eigenvalue weighted by molar-refractivity contribution is -0.0211. The van der Waals surface area contributed by atoms with Crippen LogP contribution in [0.1, 0.15) is 51.0 Å². The molecule has 0 bridgehead atoms. The van der Waals surface area contributed by atoms with E-state index in [4.69, 9.17) is 4.74 Å². The van der Waals surface area contributed by atoms with Crippen LogP contribution in [0.4, 0.5) is 0 Å². The van der Waals surface area contributed by atoms with Crippen LogP contribution in [-0.4, -0.2) is 31.4 Å². The zero-order valence-electron chi connectivity index (χ0n) is 12.0. The van der Waals surface area contributed by atoms with Crippen molar-refractivity contribution in [2.75, 3.05) is 20.7 Å². The van der Waals surface area contributed by atoms with E-state index in [1.165, 1.54) is 12.0 Å². The zero-order chi connectivity index (χ0) is 13.7. The second-order valence-electron chi connectivity index (χ2n) is 5.55. The zero-order valence-corrected chi connectivity index (χ0v) is 12.0. The molecule has 1 fully saturated rings. The molecule has 0 amide bonds. The lowest BCUT2D eigenvalue weighted by Crippen LogP contribution is -2.42. The molecule has 0 heterocycles. The third-order valence-electron chi connectivity index (χ3n) is 4.29. The van der Waals surface area contributed by atoms with Crippen molar-refractivity contribution in [1.82, 2.24) is 5.32 Å². The molecule has 2 rings (SSSR count). The second kappa shape index (κ2) is 7.65. The van der Waals surface area contributed by atoms with Crippen molar-refractivity contribution in [3.8, 4) is 5.75 Å². The van der Waals surface area contributed by atoms with E-state index < -0.39 is 5.60 Å². The van der Waals surface area contributed by atoms with Gasteiger partial charge in [-0.2, -0.15) is 0 Å². The maximum absolute atomic E-state index is 11.0. The number of benzene rings is 1. The number of ether oxygens (including phenoxy) is 1. The van der Waals surface area contributed by atoms with Crippen LogP contribution in [0.5, 0.6) is 5.75 Å². The van der Waals surface area contributed by atoms with E-state index in [1.807, 2.05) is 19.2 Å². The van der Waals surface area contributed by atoms with Crippen LogP contribution in [0, 0.1) is 0 Å². The normalized spacial score (nSPS) is 18.9. The molecule has 0 aliphatic heterocycles. The number of methoxy groups -OCH3 is 1. The Hall–Kier alpha value is -1.06. The van der Waals surface area contributed by atoms with Gasteiger partial charge in [0.25, 0.3) is 0 Å². The first-order chi connectivity index (χ1) is 9.19. The van der Waals surface area contributed by atoms with Crippen LogP contribution in [-0.2, 0) is 0 Å². The SMILES string of the molecule is C.CNCC(c1ccc(OC)cc1)C1(O)CCCCC1. The summed E-state index contributed by atoms with van der Waals surface area (Å²) in [5.41, 5.74) is 0.634. The lowest BCUT2D eigenvalue weighted by Gasteiger charge is -2.39. The molecule has 2 N–H and O–H groups in total. The molecule has 114 valence electrons. The smallest absolute Gasteiger partial charge is 0.118 e. The fourth-order valence-corrected chi connectivity index (χ4v) is 3.17. The Morgan fingerprint density at radius 3 is 2.30 bits per heavy atom. The maximum Gasteiger partial charge on any atom is 0.118 e. The van der Waals surface area contributed by atoms with Crippen LogP contribution in [0.15, 0.2) is 24.3 Å². The minimum atomic E-state index is -0.560. The van der Waals surface area contributed by atoms with Crippen molar-refractivity contribution in [3.05, 3.63) is 29.8 Å². The van der Waals surface area contributed by atoms with Gasteiger partial charge in [0, 0.05) is 12.5 Å². The Bertz CT molecular complexity index is 382. The number of hydrogen-bond donors (Lipinski definition) is 2. The molecule has 20 heavy (non-hydrogen) atoms. The molecule has 1 aromatic rings. The molecule has 1 aliphatic rings. The topological polar surface area (TPSA) is 41.5 Å². The molecule has 3 nitrogen and oxygen atoms in total. The van der Waals surface area contributed by atoms with Crippen molar-refractivity contribution in [1.29, 1.82) is 0 Å². The van der Waals surface area contributed by atoms with Crippen molar-refractivity contribution < 1.29 is 9.84 Å². The monoisotopic (exact) mass is 279 g/mol. The van der Waals surface area contributed by atoms with Crippen molar-refractivity contribution in [3.63, 3.8) is 0 Å². The predicted molar refractivity (Wildman–Crippen MR) is 84.4 cm³/mol. The summed E-state index contributed by atoms with van der Waals surface area (Å²) in [5.74, 6) is 1.02. The van der Waals surface area contributed by atoms with Gasteiger partial charge in [-0.25, -0.2) is 0 Å². The van der Waals surface area contributed by atoms with E-state index in [2.05, 4.69) is 17.4 Å². The average Bonchev–Trinajstić information content (AvgIpc) is 2.45. The lowest BCUT2D eigenvalue weighted by atomic mass is 9.73. The summed E-state index contributed by atoms with van der Waals surface area (Å²) in [6, 6.07) is 8.11. The van der Waals surface area contributed by atoms with Crippen LogP contribution in [0.25, 0.3) is 0 Å². The Balaban J connectivity index is 0.00000200. The summed E-state index contributed by atoms with van der Waals surface area (Å²) >= 11 is 0. The highest BCUT2D eigenvalue weighted by Crippen LogP contribution is 2.39. The summed E-state index contributed by atoms with van der Waals surface area (Å²) in [4.78, 5) is 0. The van der Waals surface area contributed by atoms with Crippen LogP contribution < -0.4 is 10.1 Å². The summed E-state index contributed by atoms with van der Waals surface area (Å²) < 4.78 is 5.20.